The van der Waals surface area contributed by atoms with Crippen molar-refractivity contribution in [3.63, 3.8) is 0 Å². The maximum atomic E-state index is 12.7. The molecule has 0 radical (unpaired) electrons. The topological polar surface area (TPSA) is 108 Å². The molecule has 2 atom stereocenters. The molecule has 1 saturated carbocycles. The van der Waals surface area contributed by atoms with Crippen molar-refractivity contribution in [2.45, 2.75) is 43.3 Å². The van der Waals surface area contributed by atoms with Crippen molar-refractivity contribution in [2.24, 2.45) is 0 Å². The molecule has 1 fully saturated rings. The van der Waals surface area contributed by atoms with Gasteiger partial charge in [0.15, 0.2) is 5.13 Å². The van der Waals surface area contributed by atoms with Crippen LogP contribution < -0.4 is 11.1 Å². The molecule has 1 amide bonds. The van der Waals surface area contributed by atoms with Crippen LogP contribution >= 0.6 is 11.3 Å². The summed E-state index contributed by atoms with van der Waals surface area (Å²) in [4.78, 5) is 18.2. The number of carbonyl (C=O) groups is 1. The van der Waals surface area contributed by atoms with Gasteiger partial charge in [0.25, 0.3) is 0 Å². The van der Waals surface area contributed by atoms with E-state index in [1.54, 1.807) is 0 Å². The zero-order chi connectivity index (χ0) is 21.8. The van der Waals surface area contributed by atoms with Crippen LogP contribution in [0.5, 0.6) is 0 Å². The van der Waals surface area contributed by atoms with Gasteiger partial charge in [-0.15, -0.1) is 11.3 Å². The molecular formula is C23H24N3O3S2-. The third kappa shape index (κ3) is 5.58. The van der Waals surface area contributed by atoms with E-state index >= 15 is 0 Å². The molecular weight excluding hydrogens is 430 g/mol. The number of nitrogens with one attached hydrogen (secondary N) is 1. The first-order valence-electron chi connectivity index (χ1n) is 10.3. The van der Waals surface area contributed by atoms with Gasteiger partial charge in [0.2, 0.25) is 5.91 Å². The third-order valence-electron chi connectivity index (χ3n) is 5.34. The number of hydrogen-bond acceptors (Lipinski definition) is 6. The number of aromatic nitrogens is 1. The smallest absolute Gasteiger partial charge is 0.233 e. The molecule has 0 bridgehead atoms. The predicted octanol–water partition coefficient (Wildman–Crippen LogP) is 4.48. The highest BCUT2D eigenvalue weighted by Crippen LogP contribution is 2.36. The number of carbonyl (C=O) groups excluding carboxylic acids is 1. The number of nitrogen functional groups attached to an aromatic ring is 1. The summed E-state index contributed by atoms with van der Waals surface area (Å²) in [5, 5.41) is 3.60. The number of benzene rings is 2. The van der Waals surface area contributed by atoms with Crippen LogP contribution in [0.4, 0.5) is 10.8 Å². The van der Waals surface area contributed by atoms with E-state index < -0.39 is 11.1 Å². The Hall–Kier alpha value is -2.55. The highest BCUT2D eigenvalue weighted by molar-refractivity contribution is 7.80. The molecule has 2 aromatic carbocycles. The van der Waals surface area contributed by atoms with E-state index in [2.05, 4.69) is 22.4 Å². The molecule has 1 aromatic heterocycles. The third-order valence-corrected chi connectivity index (χ3v) is 7.32. The van der Waals surface area contributed by atoms with Gasteiger partial charge in [0, 0.05) is 15.8 Å². The number of amides is 1. The lowest BCUT2D eigenvalue weighted by Gasteiger charge is -2.20. The first kappa shape index (κ1) is 21.7. The van der Waals surface area contributed by atoms with Crippen LogP contribution in [0, 0.1) is 0 Å². The van der Waals surface area contributed by atoms with E-state index in [1.807, 2.05) is 42.5 Å². The quantitative estimate of drug-likeness (QED) is 0.565. The Morgan fingerprint density at radius 1 is 1.06 bits per heavy atom. The minimum Gasteiger partial charge on any atom is -0.772 e. The summed E-state index contributed by atoms with van der Waals surface area (Å²) in [6, 6.07) is 18.1. The predicted molar refractivity (Wildman–Crippen MR) is 125 cm³/mol. The molecule has 31 heavy (non-hydrogen) atoms. The Balaban J connectivity index is 0.000000334. The number of anilines is 2. The first-order chi connectivity index (χ1) is 15.0. The van der Waals surface area contributed by atoms with E-state index in [-0.39, 0.29) is 17.1 Å². The van der Waals surface area contributed by atoms with Crippen molar-refractivity contribution < 1.29 is 13.6 Å². The maximum absolute atomic E-state index is 12.7. The summed E-state index contributed by atoms with van der Waals surface area (Å²) in [7, 11) is 0. The maximum Gasteiger partial charge on any atom is 0.233 e. The molecule has 6 nitrogen and oxygen atoms in total. The monoisotopic (exact) mass is 454 g/mol. The van der Waals surface area contributed by atoms with Crippen LogP contribution in [-0.2, 0) is 22.3 Å². The number of hydrogen-bond donors (Lipinski definition) is 2. The van der Waals surface area contributed by atoms with Crippen molar-refractivity contribution in [1.82, 2.24) is 4.98 Å². The lowest BCUT2D eigenvalue weighted by Crippen LogP contribution is -2.24. The van der Waals surface area contributed by atoms with E-state index in [0.29, 0.717) is 5.13 Å². The molecule has 5 rings (SSSR count). The summed E-state index contributed by atoms with van der Waals surface area (Å²) in [6.45, 7) is 0. The summed E-state index contributed by atoms with van der Waals surface area (Å²) in [5.41, 5.74) is 9.79. The SMILES string of the molecule is Nc1nc2c(s1)CCCC2C(=O)Nc1ccc(-c2ccccc2)cc1.O=S([O-])C1CC1. The molecule has 0 saturated heterocycles. The van der Waals surface area contributed by atoms with Gasteiger partial charge < -0.3 is 15.6 Å². The Morgan fingerprint density at radius 2 is 1.74 bits per heavy atom. The molecule has 3 aromatic rings. The Kier molecular flexibility index (Phi) is 6.80. The lowest BCUT2D eigenvalue weighted by atomic mass is 9.90. The Bertz CT molecular complexity index is 1060. The lowest BCUT2D eigenvalue weighted by molar-refractivity contribution is -0.117. The Labute approximate surface area is 188 Å². The second kappa shape index (κ2) is 9.72. The standard InChI is InChI=1S/C20H19N3OS.C3H6O2S/c21-20-23-18-16(7-4-8-17(18)25-20)19(24)22-15-11-9-14(10-12-15)13-5-2-1-3-6-13;4-6(5)3-1-2-3/h1-3,5-6,9-12,16H,4,7-8H2,(H2,21,23)(H,22,24);3H,1-2H2,(H,4,5)/p-1. The van der Waals surface area contributed by atoms with Gasteiger partial charge in [-0.2, -0.15) is 0 Å². The molecule has 0 aliphatic heterocycles. The number of fused-ring (bicyclic) bond motifs is 1. The van der Waals surface area contributed by atoms with Crippen LogP contribution in [0.25, 0.3) is 11.1 Å². The minimum atomic E-state index is -1.76. The normalized spacial score (nSPS) is 18.3. The average Bonchev–Trinajstić information content (AvgIpc) is 3.56. The van der Waals surface area contributed by atoms with Crippen LogP contribution in [-0.4, -0.2) is 24.9 Å². The Morgan fingerprint density at radius 3 is 2.35 bits per heavy atom. The number of rotatable bonds is 4. The van der Waals surface area contributed by atoms with Crippen molar-refractivity contribution in [1.29, 1.82) is 0 Å². The zero-order valence-electron chi connectivity index (χ0n) is 17.0. The average molecular weight is 455 g/mol. The first-order valence-corrected chi connectivity index (χ1v) is 12.3. The molecule has 1 heterocycles. The van der Waals surface area contributed by atoms with Gasteiger partial charge in [-0.05, 0) is 55.4 Å². The van der Waals surface area contributed by atoms with Gasteiger partial charge in [0.1, 0.15) is 0 Å². The van der Waals surface area contributed by atoms with Gasteiger partial charge in [-0.25, -0.2) is 4.98 Å². The highest BCUT2D eigenvalue weighted by Gasteiger charge is 2.30. The highest BCUT2D eigenvalue weighted by atomic mass is 32.2. The van der Waals surface area contributed by atoms with Crippen molar-refractivity contribution in [3.8, 4) is 11.1 Å². The van der Waals surface area contributed by atoms with E-state index in [4.69, 9.17) is 5.73 Å². The van der Waals surface area contributed by atoms with Crippen molar-refractivity contribution in [2.75, 3.05) is 11.1 Å². The molecule has 162 valence electrons. The van der Waals surface area contributed by atoms with Crippen LogP contribution in [0.3, 0.4) is 0 Å². The van der Waals surface area contributed by atoms with E-state index in [1.165, 1.54) is 11.3 Å². The zero-order valence-corrected chi connectivity index (χ0v) is 18.6. The minimum absolute atomic E-state index is 0.00119. The molecule has 3 N–H and O–H groups in total. The summed E-state index contributed by atoms with van der Waals surface area (Å²) in [5.74, 6) is -0.204. The van der Waals surface area contributed by atoms with Gasteiger partial charge >= 0.3 is 0 Å². The van der Waals surface area contributed by atoms with Gasteiger partial charge in [-0.1, -0.05) is 53.5 Å². The molecule has 0 spiro atoms. The second-order valence-electron chi connectivity index (χ2n) is 7.70. The fourth-order valence-corrected chi connectivity index (χ4v) is 5.02. The summed E-state index contributed by atoms with van der Waals surface area (Å²) in [6.07, 6.45) is 4.57. The molecule has 2 aliphatic carbocycles. The van der Waals surface area contributed by atoms with E-state index in [9.17, 15) is 13.6 Å². The van der Waals surface area contributed by atoms with Crippen molar-refractivity contribution >= 4 is 39.1 Å². The van der Waals surface area contributed by atoms with E-state index in [0.717, 1.165) is 59.5 Å². The second-order valence-corrected chi connectivity index (χ2v) is 10.0. The van der Waals surface area contributed by atoms with Gasteiger partial charge in [-0.3, -0.25) is 9.00 Å². The van der Waals surface area contributed by atoms with Crippen LogP contribution in [0.15, 0.2) is 54.6 Å². The molecule has 2 aliphatic rings. The number of nitrogens with zero attached hydrogens (tertiary/aromatic N) is 1. The summed E-state index contributed by atoms with van der Waals surface area (Å²) >= 11 is -0.252. The fraction of sp³-hybridized carbons (Fsp3) is 0.304. The van der Waals surface area contributed by atoms with Crippen LogP contribution in [0.1, 0.15) is 42.2 Å². The largest absolute Gasteiger partial charge is 0.772 e. The summed E-state index contributed by atoms with van der Waals surface area (Å²) < 4.78 is 19.5. The van der Waals surface area contributed by atoms with Gasteiger partial charge in [0.05, 0.1) is 11.6 Å². The van der Waals surface area contributed by atoms with Crippen LogP contribution in [0.2, 0.25) is 0 Å². The number of aryl methyl sites for hydroxylation is 1. The number of nitrogens with two attached hydrogens (primary N) is 1. The molecule has 2 unspecified atom stereocenters. The number of thiazole rings is 1. The molecule has 8 heteroatoms. The van der Waals surface area contributed by atoms with Crippen molar-refractivity contribution in [3.05, 3.63) is 65.2 Å². The fourth-order valence-electron chi connectivity index (χ4n) is 3.56.